The Balaban J connectivity index is 1.87. The quantitative estimate of drug-likeness (QED) is 0.307. The predicted octanol–water partition coefficient (Wildman–Crippen LogP) is 6.33. The normalized spacial score (nSPS) is 13.4. The third-order valence-corrected chi connectivity index (χ3v) is 6.44. The predicted molar refractivity (Wildman–Crippen MR) is 126 cm³/mol. The second-order valence-electron chi connectivity index (χ2n) is 8.63. The molecule has 6 nitrogen and oxygen atoms in total. The average Bonchev–Trinajstić information content (AvgIpc) is 3.09. The number of aromatic hydroxyl groups is 1. The van der Waals surface area contributed by atoms with E-state index in [0.29, 0.717) is 10.2 Å². The number of anilines is 1. The van der Waals surface area contributed by atoms with Crippen LogP contribution in [0.4, 0.5) is 18.7 Å². The molecule has 0 aliphatic rings. The Morgan fingerprint density at radius 3 is 2.39 bits per heavy atom. The van der Waals surface area contributed by atoms with Crippen molar-refractivity contribution in [3.05, 3.63) is 64.7 Å². The highest BCUT2D eigenvalue weighted by molar-refractivity contribution is 7.19. The summed E-state index contributed by atoms with van der Waals surface area (Å²) in [7, 11) is 0. The molecule has 0 radical (unpaired) electrons. The zero-order valence-electron chi connectivity index (χ0n) is 18.2. The van der Waals surface area contributed by atoms with Crippen LogP contribution in [0, 0.1) is 17.0 Å². The maximum Gasteiger partial charge on any atom is 0.404 e. The maximum atomic E-state index is 13.6. The third-order valence-electron chi connectivity index (χ3n) is 5.14. The van der Waals surface area contributed by atoms with Crippen molar-refractivity contribution >= 4 is 34.2 Å². The van der Waals surface area contributed by atoms with E-state index in [0.717, 1.165) is 29.0 Å². The van der Waals surface area contributed by atoms with Crippen molar-refractivity contribution in [2.24, 2.45) is 5.41 Å². The molecule has 4 N–H and O–H groups in total. The Hall–Kier alpha value is -2.91. The number of hydrogen-bond donors (Lipinski definition) is 4. The molecule has 2 aromatic carbocycles. The van der Waals surface area contributed by atoms with Crippen molar-refractivity contribution in [2.75, 3.05) is 11.9 Å². The SMILES string of the molecule is CC(C)(C)[C@@H](c1ccc(Cl)cc1)C(CNc1nc(O)c(-c2ccc(F)c(F)c2)s1)NC(=O)O. The molecule has 0 fully saturated rings. The molecule has 3 aromatic rings. The van der Waals surface area contributed by atoms with Crippen LogP contribution >= 0.6 is 22.9 Å². The van der Waals surface area contributed by atoms with Crippen LogP contribution in [0.25, 0.3) is 10.4 Å². The van der Waals surface area contributed by atoms with E-state index in [1.165, 1.54) is 6.07 Å². The van der Waals surface area contributed by atoms with Gasteiger partial charge in [0, 0.05) is 23.0 Å². The van der Waals surface area contributed by atoms with Gasteiger partial charge in [0.15, 0.2) is 16.8 Å². The summed E-state index contributed by atoms with van der Waals surface area (Å²) in [6.45, 7) is 6.21. The number of nitrogens with one attached hydrogen (secondary N) is 2. The lowest BCUT2D eigenvalue weighted by Crippen LogP contribution is -2.47. The van der Waals surface area contributed by atoms with Crippen molar-refractivity contribution in [3.63, 3.8) is 0 Å². The Bertz CT molecular complexity index is 1130. The van der Waals surface area contributed by atoms with E-state index < -0.39 is 23.8 Å². The standard InChI is InChI=1S/C23H24ClF2N3O3S/c1-23(2,3)18(12-4-7-14(24)8-5-12)17(28-22(31)32)11-27-21-29-20(30)19(33-21)13-6-9-15(25)16(26)10-13/h4-10,17-18,28,30H,11H2,1-3H3,(H,27,29)(H,31,32)/t17?,18-/m0/s1. The van der Waals surface area contributed by atoms with E-state index in [2.05, 4.69) is 15.6 Å². The molecule has 0 saturated heterocycles. The lowest BCUT2D eigenvalue weighted by atomic mass is 9.72. The van der Waals surface area contributed by atoms with Crippen LogP contribution in [0.5, 0.6) is 5.88 Å². The second kappa shape index (κ2) is 9.93. The van der Waals surface area contributed by atoms with Crippen LogP contribution in [0.2, 0.25) is 5.02 Å². The molecule has 0 aliphatic carbocycles. The van der Waals surface area contributed by atoms with Crippen molar-refractivity contribution in [2.45, 2.75) is 32.7 Å². The van der Waals surface area contributed by atoms with Gasteiger partial charge in [0.25, 0.3) is 0 Å². The minimum atomic E-state index is -1.17. The fourth-order valence-electron chi connectivity index (χ4n) is 3.83. The van der Waals surface area contributed by atoms with Crippen molar-refractivity contribution in [1.29, 1.82) is 0 Å². The van der Waals surface area contributed by atoms with Crippen LogP contribution in [0.15, 0.2) is 42.5 Å². The van der Waals surface area contributed by atoms with Gasteiger partial charge >= 0.3 is 6.09 Å². The van der Waals surface area contributed by atoms with Crippen LogP contribution < -0.4 is 10.6 Å². The molecule has 1 aromatic heterocycles. The summed E-state index contributed by atoms with van der Waals surface area (Å²) < 4.78 is 26.8. The highest BCUT2D eigenvalue weighted by atomic mass is 35.5. The lowest BCUT2D eigenvalue weighted by Gasteiger charge is -2.37. The molecule has 33 heavy (non-hydrogen) atoms. The topological polar surface area (TPSA) is 94.5 Å². The fourth-order valence-corrected chi connectivity index (χ4v) is 4.82. The molecule has 2 atom stereocenters. The summed E-state index contributed by atoms with van der Waals surface area (Å²) in [4.78, 5) is 15.9. The van der Waals surface area contributed by atoms with Gasteiger partial charge < -0.3 is 20.8 Å². The number of hydrogen-bond acceptors (Lipinski definition) is 5. The molecule has 10 heteroatoms. The van der Waals surface area contributed by atoms with Gasteiger partial charge in [0.1, 0.15) is 0 Å². The van der Waals surface area contributed by atoms with Crippen LogP contribution in [0.3, 0.4) is 0 Å². The Morgan fingerprint density at radius 1 is 1.15 bits per heavy atom. The summed E-state index contributed by atoms with van der Waals surface area (Å²) in [6.07, 6.45) is -1.17. The highest BCUT2D eigenvalue weighted by Gasteiger charge is 2.35. The monoisotopic (exact) mass is 495 g/mol. The first kappa shape index (κ1) is 24.7. The minimum Gasteiger partial charge on any atom is -0.492 e. The number of aromatic nitrogens is 1. The number of thiazole rings is 1. The summed E-state index contributed by atoms with van der Waals surface area (Å²) in [6, 6.07) is 10.0. The number of carboxylic acid groups (broad SMARTS) is 1. The molecular weight excluding hydrogens is 472 g/mol. The zero-order valence-corrected chi connectivity index (χ0v) is 19.8. The molecular formula is C23H24ClF2N3O3S. The number of nitrogens with zero attached hydrogens (tertiary/aromatic N) is 1. The number of carbonyl (C=O) groups is 1. The molecule has 0 bridgehead atoms. The first-order valence-electron chi connectivity index (χ1n) is 10.1. The van der Waals surface area contributed by atoms with Gasteiger partial charge in [0.05, 0.1) is 10.9 Å². The van der Waals surface area contributed by atoms with E-state index in [-0.39, 0.29) is 34.2 Å². The third kappa shape index (κ3) is 6.11. The average molecular weight is 496 g/mol. The zero-order chi connectivity index (χ0) is 24.3. The summed E-state index contributed by atoms with van der Waals surface area (Å²) >= 11 is 7.08. The van der Waals surface area contributed by atoms with Gasteiger partial charge in [-0.15, -0.1) is 0 Å². The van der Waals surface area contributed by atoms with Gasteiger partial charge in [-0.2, -0.15) is 4.98 Å². The van der Waals surface area contributed by atoms with Gasteiger partial charge in [-0.3, -0.25) is 0 Å². The molecule has 1 unspecified atom stereocenters. The van der Waals surface area contributed by atoms with Crippen LogP contribution in [-0.2, 0) is 0 Å². The summed E-state index contributed by atoms with van der Waals surface area (Å²) in [5, 5.41) is 26.2. The van der Waals surface area contributed by atoms with Crippen molar-refractivity contribution < 1.29 is 23.8 Å². The van der Waals surface area contributed by atoms with E-state index >= 15 is 0 Å². The van der Waals surface area contributed by atoms with E-state index in [9.17, 15) is 23.8 Å². The number of halogens is 3. The van der Waals surface area contributed by atoms with E-state index in [1.54, 1.807) is 12.1 Å². The molecule has 176 valence electrons. The van der Waals surface area contributed by atoms with Crippen LogP contribution in [-0.4, -0.2) is 33.9 Å². The minimum absolute atomic E-state index is 0.168. The van der Waals surface area contributed by atoms with E-state index in [4.69, 9.17) is 11.6 Å². The first-order chi connectivity index (χ1) is 15.5. The lowest BCUT2D eigenvalue weighted by molar-refractivity contribution is 0.179. The molecule has 1 amide bonds. The first-order valence-corrected chi connectivity index (χ1v) is 11.3. The van der Waals surface area contributed by atoms with Crippen LogP contribution in [0.1, 0.15) is 32.3 Å². The van der Waals surface area contributed by atoms with Gasteiger partial charge in [-0.05, 0) is 35.2 Å². The fraction of sp³-hybridized carbons (Fsp3) is 0.304. The molecule has 3 rings (SSSR count). The second-order valence-corrected chi connectivity index (χ2v) is 10.1. The Kier molecular flexibility index (Phi) is 7.44. The summed E-state index contributed by atoms with van der Waals surface area (Å²) in [5.41, 5.74) is 0.882. The number of amides is 1. The summed E-state index contributed by atoms with van der Waals surface area (Å²) in [5.74, 6) is -2.57. The molecule has 0 saturated carbocycles. The number of rotatable bonds is 7. The highest BCUT2D eigenvalue weighted by Crippen LogP contribution is 2.40. The van der Waals surface area contributed by atoms with Gasteiger partial charge in [-0.1, -0.05) is 61.9 Å². The molecule has 1 heterocycles. The molecule has 0 spiro atoms. The van der Waals surface area contributed by atoms with E-state index in [1.807, 2.05) is 32.9 Å². The molecule has 0 aliphatic heterocycles. The smallest absolute Gasteiger partial charge is 0.404 e. The van der Waals surface area contributed by atoms with Crippen molar-refractivity contribution in [3.8, 4) is 16.3 Å². The maximum absolute atomic E-state index is 13.6. The van der Waals surface area contributed by atoms with Gasteiger partial charge in [-0.25, -0.2) is 13.6 Å². The Morgan fingerprint density at radius 2 is 1.82 bits per heavy atom. The Labute approximate surface area is 199 Å². The number of benzene rings is 2. The van der Waals surface area contributed by atoms with Gasteiger partial charge in [0.2, 0.25) is 5.88 Å². The largest absolute Gasteiger partial charge is 0.492 e. The van der Waals surface area contributed by atoms with Crippen molar-refractivity contribution in [1.82, 2.24) is 10.3 Å².